The smallest absolute Gasteiger partial charge is 0.330 e. The van der Waals surface area contributed by atoms with Gasteiger partial charge in [-0.15, -0.1) is 0 Å². The maximum atomic E-state index is 13.2. The number of benzene rings is 3. The number of hydrogen-bond acceptors (Lipinski definition) is 4. The van der Waals surface area contributed by atoms with Crippen LogP contribution < -0.4 is 4.74 Å². The maximum Gasteiger partial charge on any atom is 0.330 e. The zero-order valence-corrected chi connectivity index (χ0v) is 19.4. The first kappa shape index (κ1) is 22.2. The van der Waals surface area contributed by atoms with Gasteiger partial charge in [-0.3, -0.25) is 0 Å². The second-order valence-corrected chi connectivity index (χ2v) is 10.4. The van der Waals surface area contributed by atoms with Gasteiger partial charge in [0.15, 0.2) is 0 Å². The van der Waals surface area contributed by atoms with E-state index in [4.69, 9.17) is 4.74 Å². The zero-order chi connectivity index (χ0) is 22.9. The third-order valence-corrected chi connectivity index (χ3v) is 7.80. The summed E-state index contributed by atoms with van der Waals surface area (Å²) in [5.41, 5.74) is 6.02. The van der Waals surface area contributed by atoms with Crippen LogP contribution in [0.3, 0.4) is 0 Å². The van der Waals surface area contributed by atoms with Gasteiger partial charge >= 0.3 is 5.97 Å². The quantitative estimate of drug-likeness (QED) is 0.420. The molecule has 0 aromatic heterocycles. The molecule has 1 atom stereocenters. The Balaban J connectivity index is 1.60. The number of sulfonamides is 1. The van der Waals surface area contributed by atoms with Crippen LogP contribution in [0.1, 0.15) is 29.2 Å². The van der Waals surface area contributed by atoms with E-state index in [0.29, 0.717) is 12.2 Å². The maximum absolute atomic E-state index is 13.2. The van der Waals surface area contributed by atoms with Crippen LogP contribution in [-0.4, -0.2) is 30.5 Å². The van der Waals surface area contributed by atoms with E-state index in [9.17, 15) is 13.2 Å². The number of aryl methyl sites for hydroxylation is 2. The monoisotopic (exact) mass is 449 g/mol. The highest BCUT2D eigenvalue weighted by atomic mass is 32.2. The summed E-state index contributed by atoms with van der Waals surface area (Å²) in [7, 11) is -3.57. The molecule has 0 saturated heterocycles. The van der Waals surface area contributed by atoms with Crippen molar-refractivity contribution in [2.45, 2.75) is 39.8 Å². The van der Waals surface area contributed by atoms with Gasteiger partial charge in [0.25, 0.3) is 0 Å². The Morgan fingerprint density at radius 2 is 1.62 bits per heavy atom. The van der Waals surface area contributed by atoms with Crippen molar-refractivity contribution in [2.24, 2.45) is 0 Å². The highest BCUT2D eigenvalue weighted by Gasteiger charge is 2.39. The Morgan fingerprint density at radius 1 is 0.969 bits per heavy atom. The summed E-state index contributed by atoms with van der Waals surface area (Å²) >= 11 is 0. The Hall–Kier alpha value is -2.96. The van der Waals surface area contributed by atoms with E-state index in [1.54, 1.807) is 13.0 Å². The van der Waals surface area contributed by atoms with Crippen LogP contribution in [0.4, 0.5) is 0 Å². The first-order chi connectivity index (χ1) is 15.3. The van der Waals surface area contributed by atoms with Crippen molar-refractivity contribution in [3.05, 3.63) is 89.0 Å². The molecule has 5 nitrogen and oxygen atoms in total. The molecular formula is C26H27NO4S. The summed E-state index contributed by atoms with van der Waals surface area (Å²) < 4.78 is 32.5. The number of ether oxygens (including phenoxy) is 1. The molecule has 0 amide bonds. The van der Waals surface area contributed by atoms with Crippen LogP contribution >= 0.6 is 0 Å². The fourth-order valence-electron chi connectivity index (χ4n) is 4.02. The fraction of sp³-hybridized carbons (Fsp3) is 0.269. The number of rotatable bonds is 5. The van der Waals surface area contributed by atoms with E-state index in [1.165, 1.54) is 9.87 Å². The number of nitrogens with zero attached hydrogens (tertiary/aromatic N) is 1. The number of carbonyl (C=O) groups is 1. The van der Waals surface area contributed by atoms with E-state index >= 15 is 0 Å². The topological polar surface area (TPSA) is 63.7 Å². The second kappa shape index (κ2) is 8.88. The zero-order valence-electron chi connectivity index (χ0n) is 18.5. The summed E-state index contributed by atoms with van der Waals surface area (Å²) in [5, 5.41) is 0. The SMILES string of the molecule is CCS(=O)(=O)N1Cc2ccccc2CC1C(=O)Oc1ccc(-c2ccc(C)cc2)cc1C. The van der Waals surface area contributed by atoms with Gasteiger partial charge in [0.05, 0.1) is 5.75 Å². The molecule has 1 aliphatic rings. The van der Waals surface area contributed by atoms with Gasteiger partial charge in [-0.2, -0.15) is 4.31 Å². The molecule has 0 N–H and O–H groups in total. The van der Waals surface area contributed by atoms with Crippen LogP contribution in [-0.2, 0) is 27.8 Å². The van der Waals surface area contributed by atoms with Crippen LogP contribution in [0.15, 0.2) is 66.7 Å². The van der Waals surface area contributed by atoms with E-state index in [1.807, 2.05) is 50.2 Å². The lowest BCUT2D eigenvalue weighted by Crippen LogP contribution is -2.50. The lowest BCUT2D eigenvalue weighted by molar-refractivity contribution is -0.139. The molecule has 0 aliphatic carbocycles. The molecule has 1 heterocycles. The summed E-state index contributed by atoms with van der Waals surface area (Å²) in [6, 6.07) is 20.6. The molecule has 0 saturated carbocycles. The summed E-state index contributed by atoms with van der Waals surface area (Å²) in [5.74, 6) is -0.176. The van der Waals surface area contributed by atoms with Gasteiger partial charge in [0.2, 0.25) is 10.0 Å². The predicted octanol–water partition coefficient (Wildman–Crippen LogP) is 4.65. The fourth-order valence-corrected chi connectivity index (χ4v) is 5.24. The van der Waals surface area contributed by atoms with Gasteiger partial charge in [-0.25, -0.2) is 13.2 Å². The second-order valence-electron chi connectivity index (χ2n) is 8.20. The molecule has 4 rings (SSSR count). The largest absolute Gasteiger partial charge is 0.425 e. The average molecular weight is 450 g/mol. The molecule has 6 heteroatoms. The van der Waals surface area contributed by atoms with Gasteiger partial charge in [0.1, 0.15) is 11.8 Å². The molecule has 1 aliphatic heterocycles. The van der Waals surface area contributed by atoms with E-state index in [0.717, 1.165) is 27.8 Å². The molecule has 0 bridgehead atoms. The van der Waals surface area contributed by atoms with Crippen molar-refractivity contribution in [2.75, 3.05) is 5.75 Å². The van der Waals surface area contributed by atoms with Crippen molar-refractivity contribution >= 4 is 16.0 Å². The lowest BCUT2D eigenvalue weighted by atomic mass is 9.96. The van der Waals surface area contributed by atoms with Crippen molar-refractivity contribution in [1.82, 2.24) is 4.31 Å². The lowest BCUT2D eigenvalue weighted by Gasteiger charge is -2.34. The standard InChI is InChI=1S/C26H27NO4S/c1-4-32(29,30)27-17-23-8-6-5-7-21(23)16-24(27)26(28)31-25-14-13-22(15-19(25)3)20-11-9-18(2)10-12-20/h5-15,24H,4,16-17H2,1-3H3. The molecule has 3 aromatic rings. The molecule has 0 spiro atoms. The van der Waals surface area contributed by atoms with Gasteiger partial charge in [-0.05, 0) is 60.7 Å². The van der Waals surface area contributed by atoms with E-state index in [2.05, 4.69) is 24.3 Å². The van der Waals surface area contributed by atoms with Gasteiger partial charge < -0.3 is 4.74 Å². The van der Waals surface area contributed by atoms with Crippen LogP contribution in [0.5, 0.6) is 5.75 Å². The average Bonchev–Trinajstić information content (AvgIpc) is 2.80. The molecule has 32 heavy (non-hydrogen) atoms. The molecule has 3 aromatic carbocycles. The highest BCUT2D eigenvalue weighted by molar-refractivity contribution is 7.89. The Kier molecular flexibility index (Phi) is 6.17. The Labute approximate surface area is 189 Å². The van der Waals surface area contributed by atoms with Crippen LogP contribution in [0.25, 0.3) is 11.1 Å². The Morgan fingerprint density at radius 3 is 2.28 bits per heavy atom. The number of esters is 1. The first-order valence-electron chi connectivity index (χ1n) is 10.7. The minimum absolute atomic E-state index is 0.0662. The van der Waals surface area contributed by atoms with Crippen molar-refractivity contribution in [1.29, 1.82) is 0 Å². The van der Waals surface area contributed by atoms with E-state index in [-0.39, 0.29) is 12.3 Å². The predicted molar refractivity (Wildman–Crippen MR) is 126 cm³/mol. The van der Waals surface area contributed by atoms with E-state index < -0.39 is 22.0 Å². The van der Waals surface area contributed by atoms with Crippen LogP contribution in [0, 0.1) is 13.8 Å². The normalized spacial score (nSPS) is 16.4. The minimum atomic E-state index is -3.57. The first-order valence-corrected chi connectivity index (χ1v) is 12.3. The Bertz CT molecular complexity index is 1250. The molecule has 0 fully saturated rings. The van der Waals surface area contributed by atoms with Gasteiger partial charge in [0, 0.05) is 13.0 Å². The number of hydrogen-bond donors (Lipinski definition) is 0. The summed E-state index contributed by atoms with van der Waals surface area (Å²) in [4.78, 5) is 13.2. The van der Waals surface area contributed by atoms with Crippen molar-refractivity contribution in [3.63, 3.8) is 0 Å². The number of fused-ring (bicyclic) bond motifs is 1. The van der Waals surface area contributed by atoms with Gasteiger partial charge in [-0.1, -0.05) is 60.2 Å². The number of carbonyl (C=O) groups excluding carboxylic acids is 1. The van der Waals surface area contributed by atoms with Crippen molar-refractivity contribution in [3.8, 4) is 16.9 Å². The molecule has 166 valence electrons. The molecule has 1 unspecified atom stereocenters. The van der Waals surface area contributed by atoms with Crippen LogP contribution in [0.2, 0.25) is 0 Å². The molecule has 0 radical (unpaired) electrons. The van der Waals surface area contributed by atoms with Crippen molar-refractivity contribution < 1.29 is 17.9 Å². The minimum Gasteiger partial charge on any atom is -0.425 e. The molecular weight excluding hydrogens is 422 g/mol. The third-order valence-electron chi connectivity index (χ3n) is 5.97. The summed E-state index contributed by atoms with van der Waals surface area (Å²) in [6.07, 6.45) is 0.300. The highest BCUT2D eigenvalue weighted by Crippen LogP contribution is 2.30. The third kappa shape index (κ3) is 4.47. The summed E-state index contributed by atoms with van der Waals surface area (Å²) in [6.45, 7) is 5.70.